The maximum Gasteiger partial charge on any atom is 0.387 e. The van der Waals surface area contributed by atoms with Crippen molar-refractivity contribution in [2.75, 3.05) is 20.1 Å². The number of nitrogens with one attached hydrogen (secondary N) is 3. The summed E-state index contributed by atoms with van der Waals surface area (Å²) in [6.45, 7) is -1.73. The van der Waals surface area contributed by atoms with Crippen molar-refractivity contribution in [3.05, 3.63) is 28.8 Å². The molecule has 1 saturated carbocycles. The molecule has 6 nitrogen and oxygen atoms in total. The fourth-order valence-electron chi connectivity index (χ4n) is 2.15. The maximum atomic E-state index is 12.5. The first-order valence-electron chi connectivity index (χ1n) is 7.95. The summed E-state index contributed by atoms with van der Waals surface area (Å²) in [5.41, 5.74) is 0.484. The molecule has 138 valence electrons. The van der Waals surface area contributed by atoms with E-state index in [1.165, 1.54) is 12.1 Å². The Morgan fingerprint density at radius 2 is 2.04 bits per heavy atom. The van der Waals surface area contributed by atoms with Crippen molar-refractivity contribution in [2.45, 2.75) is 26.0 Å². The summed E-state index contributed by atoms with van der Waals surface area (Å²) in [6, 6.07) is 4.43. The lowest BCUT2D eigenvalue weighted by molar-refractivity contribution is -0.122. The molecule has 3 N–H and O–H groups in total. The number of alkyl halides is 2. The Morgan fingerprint density at radius 1 is 1.32 bits per heavy atom. The van der Waals surface area contributed by atoms with Crippen LogP contribution in [0.15, 0.2) is 23.2 Å². The molecule has 0 unspecified atom stereocenters. The normalized spacial score (nSPS) is 14.4. The molecule has 2 rings (SSSR count). The second-order valence-corrected chi connectivity index (χ2v) is 5.98. The van der Waals surface area contributed by atoms with Gasteiger partial charge < -0.3 is 20.7 Å². The van der Waals surface area contributed by atoms with E-state index in [-0.39, 0.29) is 24.1 Å². The van der Waals surface area contributed by atoms with Gasteiger partial charge in [-0.15, -0.1) is 0 Å². The van der Waals surface area contributed by atoms with Gasteiger partial charge in [-0.3, -0.25) is 9.79 Å². The zero-order chi connectivity index (χ0) is 18.2. The van der Waals surface area contributed by atoms with Crippen molar-refractivity contribution in [3.63, 3.8) is 0 Å². The van der Waals surface area contributed by atoms with E-state index >= 15 is 0 Å². The van der Waals surface area contributed by atoms with Gasteiger partial charge in [0.2, 0.25) is 5.91 Å². The summed E-state index contributed by atoms with van der Waals surface area (Å²) in [5, 5.41) is 9.28. The molecule has 1 aromatic carbocycles. The van der Waals surface area contributed by atoms with Gasteiger partial charge in [0.15, 0.2) is 5.96 Å². The van der Waals surface area contributed by atoms with E-state index in [0.29, 0.717) is 29.6 Å². The van der Waals surface area contributed by atoms with Gasteiger partial charge in [0.1, 0.15) is 5.75 Å². The Bertz CT molecular complexity index is 624. The molecule has 0 bridgehead atoms. The van der Waals surface area contributed by atoms with Gasteiger partial charge in [0.05, 0.1) is 0 Å². The van der Waals surface area contributed by atoms with Crippen molar-refractivity contribution in [3.8, 4) is 5.75 Å². The summed E-state index contributed by atoms with van der Waals surface area (Å²) in [5.74, 6) is 0.786. The molecule has 1 aromatic rings. The van der Waals surface area contributed by atoms with Crippen LogP contribution in [0.2, 0.25) is 5.02 Å². The van der Waals surface area contributed by atoms with Crippen LogP contribution in [0.4, 0.5) is 8.78 Å². The number of guanidine groups is 1. The van der Waals surface area contributed by atoms with Gasteiger partial charge in [0.25, 0.3) is 0 Å². The molecule has 1 aliphatic rings. The van der Waals surface area contributed by atoms with E-state index in [0.717, 1.165) is 12.8 Å². The zero-order valence-corrected chi connectivity index (χ0v) is 14.6. The lowest BCUT2D eigenvalue weighted by atomic mass is 10.2. The molecular weight excluding hydrogens is 354 g/mol. The number of carbonyl (C=O) groups is 1. The van der Waals surface area contributed by atoms with Crippen molar-refractivity contribution >= 4 is 23.5 Å². The van der Waals surface area contributed by atoms with E-state index in [2.05, 4.69) is 25.7 Å². The van der Waals surface area contributed by atoms with E-state index in [9.17, 15) is 13.6 Å². The molecule has 0 spiro atoms. The average molecular weight is 375 g/mol. The van der Waals surface area contributed by atoms with Gasteiger partial charge in [-0.25, -0.2) is 0 Å². The quantitative estimate of drug-likeness (QED) is 0.370. The lowest BCUT2D eigenvalue weighted by Crippen LogP contribution is -2.41. The minimum Gasteiger partial charge on any atom is -0.434 e. The third kappa shape index (κ3) is 6.74. The molecule has 1 fully saturated rings. The molecule has 0 heterocycles. The molecule has 1 aliphatic carbocycles. The number of amides is 1. The van der Waals surface area contributed by atoms with Crippen LogP contribution in [0.25, 0.3) is 0 Å². The molecule has 0 atom stereocenters. The van der Waals surface area contributed by atoms with Gasteiger partial charge in [-0.05, 0) is 31.0 Å². The van der Waals surface area contributed by atoms with Gasteiger partial charge in [0, 0.05) is 43.2 Å². The highest BCUT2D eigenvalue weighted by Crippen LogP contribution is 2.28. The van der Waals surface area contributed by atoms with E-state index in [1.807, 2.05) is 0 Å². The zero-order valence-electron chi connectivity index (χ0n) is 13.8. The number of carbonyl (C=O) groups excluding carboxylic acids is 1. The number of nitrogens with zero attached hydrogens (tertiary/aromatic N) is 1. The van der Waals surface area contributed by atoms with E-state index < -0.39 is 6.61 Å². The Labute approximate surface area is 150 Å². The minimum absolute atomic E-state index is 0.0547. The highest BCUT2D eigenvalue weighted by molar-refractivity contribution is 6.30. The van der Waals surface area contributed by atoms with Crippen LogP contribution in [0, 0.1) is 5.92 Å². The van der Waals surface area contributed by atoms with Gasteiger partial charge >= 0.3 is 6.61 Å². The van der Waals surface area contributed by atoms with Crippen LogP contribution in [0.3, 0.4) is 0 Å². The minimum atomic E-state index is -2.91. The summed E-state index contributed by atoms with van der Waals surface area (Å²) in [6.07, 6.45) is 1.93. The second-order valence-electron chi connectivity index (χ2n) is 5.55. The molecule has 25 heavy (non-hydrogen) atoms. The van der Waals surface area contributed by atoms with Crippen molar-refractivity contribution < 1.29 is 18.3 Å². The Hall–Kier alpha value is -2.09. The summed E-state index contributed by atoms with van der Waals surface area (Å²) >= 11 is 5.91. The SMILES string of the molecule is CN=C(NCCNC(=O)C1CC1)NCc1cc(Cl)ccc1OC(F)F. The number of benzene rings is 1. The number of ether oxygens (including phenoxy) is 1. The van der Waals surface area contributed by atoms with Crippen LogP contribution in [0.5, 0.6) is 5.75 Å². The lowest BCUT2D eigenvalue weighted by Gasteiger charge is -2.15. The Balaban J connectivity index is 1.79. The van der Waals surface area contributed by atoms with Gasteiger partial charge in [-0.1, -0.05) is 11.6 Å². The van der Waals surface area contributed by atoms with Crippen LogP contribution < -0.4 is 20.7 Å². The van der Waals surface area contributed by atoms with Crippen molar-refractivity contribution in [1.82, 2.24) is 16.0 Å². The van der Waals surface area contributed by atoms with Crippen molar-refractivity contribution in [2.24, 2.45) is 10.9 Å². The first-order chi connectivity index (χ1) is 12.0. The molecule has 1 amide bonds. The largest absolute Gasteiger partial charge is 0.434 e. The highest BCUT2D eigenvalue weighted by Gasteiger charge is 2.28. The van der Waals surface area contributed by atoms with E-state index in [4.69, 9.17) is 11.6 Å². The predicted octanol–water partition coefficient (Wildman–Crippen LogP) is 2.13. The van der Waals surface area contributed by atoms with Crippen LogP contribution in [0.1, 0.15) is 18.4 Å². The smallest absolute Gasteiger partial charge is 0.387 e. The fraction of sp³-hybridized carbons (Fsp3) is 0.500. The van der Waals surface area contributed by atoms with Crippen LogP contribution in [-0.4, -0.2) is 38.6 Å². The van der Waals surface area contributed by atoms with Gasteiger partial charge in [-0.2, -0.15) is 8.78 Å². The molecule has 9 heteroatoms. The van der Waals surface area contributed by atoms with Crippen LogP contribution >= 0.6 is 11.6 Å². The first kappa shape index (κ1) is 19.2. The van der Waals surface area contributed by atoms with Crippen LogP contribution in [-0.2, 0) is 11.3 Å². The second kappa shape index (κ2) is 9.41. The first-order valence-corrected chi connectivity index (χ1v) is 8.33. The Morgan fingerprint density at radius 3 is 2.68 bits per heavy atom. The topological polar surface area (TPSA) is 74.8 Å². The third-order valence-corrected chi connectivity index (χ3v) is 3.81. The van der Waals surface area contributed by atoms with E-state index in [1.54, 1.807) is 13.1 Å². The molecule has 0 radical (unpaired) electrons. The summed E-state index contributed by atoms with van der Waals surface area (Å²) in [7, 11) is 1.59. The van der Waals surface area contributed by atoms with Crippen molar-refractivity contribution in [1.29, 1.82) is 0 Å². The fourth-order valence-corrected chi connectivity index (χ4v) is 2.35. The summed E-state index contributed by atoms with van der Waals surface area (Å²) < 4.78 is 29.4. The average Bonchev–Trinajstić information content (AvgIpc) is 3.40. The number of hydrogen-bond donors (Lipinski definition) is 3. The molecular formula is C16H21ClF2N4O2. The maximum absolute atomic E-state index is 12.5. The molecule has 0 aliphatic heterocycles. The number of hydrogen-bond acceptors (Lipinski definition) is 3. The highest BCUT2D eigenvalue weighted by atomic mass is 35.5. The summed E-state index contributed by atoms with van der Waals surface area (Å²) in [4.78, 5) is 15.6. The standard InChI is InChI=1S/C16H21ClF2N4O2/c1-20-16(22-7-6-21-14(24)10-2-3-10)23-9-11-8-12(17)4-5-13(11)25-15(18)19/h4-5,8,10,15H,2-3,6-7,9H2,1H3,(H,21,24)(H2,20,22,23). The monoisotopic (exact) mass is 374 g/mol. The third-order valence-electron chi connectivity index (χ3n) is 3.57. The molecule has 0 aromatic heterocycles. The number of aliphatic imine (C=N–C) groups is 1. The molecule has 0 saturated heterocycles. The Kier molecular flexibility index (Phi) is 7.24. The number of rotatable bonds is 8. The predicted molar refractivity (Wildman–Crippen MR) is 92.0 cm³/mol. The number of halogens is 3.